The molecule has 0 aromatic heterocycles. The van der Waals surface area contributed by atoms with Crippen LogP contribution in [0.5, 0.6) is 5.75 Å². The minimum absolute atomic E-state index is 0.589. The topological polar surface area (TPSA) is 9.23 Å². The molecule has 1 aromatic carbocycles. The normalized spacial score (nSPS) is 9.95. The van der Waals surface area contributed by atoms with Crippen molar-refractivity contribution in [2.45, 2.75) is 52.4 Å². The van der Waals surface area contributed by atoms with Crippen LogP contribution in [-0.2, 0) is 0 Å². The molecule has 0 bridgehead atoms. The molecule has 0 aliphatic carbocycles. The standard InChI is InChI=1S/C18H25ClO/c1-3-4-5-6-9-14-20-18-12-11-17(16(2)15-18)10-7-8-13-19/h11-12,15H,3-6,8-9,13-14H2,1-2H3. The second-order valence-corrected chi connectivity index (χ2v) is 5.36. The van der Waals surface area contributed by atoms with Gasteiger partial charge < -0.3 is 4.74 Å². The molecule has 0 unspecified atom stereocenters. The van der Waals surface area contributed by atoms with Gasteiger partial charge >= 0.3 is 0 Å². The number of benzene rings is 1. The zero-order chi connectivity index (χ0) is 14.6. The van der Waals surface area contributed by atoms with Crippen molar-refractivity contribution in [1.29, 1.82) is 0 Å². The molecule has 0 N–H and O–H groups in total. The summed E-state index contributed by atoms with van der Waals surface area (Å²) in [5.74, 6) is 7.74. The monoisotopic (exact) mass is 292 g/mol. The van der Waals surface area contributed by atoms with Crippen LogP contribution in [-0.4, -0.2) is 12.5 Å². The fraction of sp³-hybridized carbons (Fsp3) is 0.556. The Balaban J connectivity index is 2.38. The molecule has 0 aliphatic rings. The van der Waals surface area contributed by atoms with E-state index in [9.17, 15) is 0 Å². The predicted octanol–water partition coefficient (Wildman–Crippen LogP) is 5.32. The van der Waals surface area contributed by atoms with Crippen molar-refractivity contribution in [2.24, 2.45) is 0 Å². The van der Waals surface area contributed by atoms with Gasteiger partial charge in [-0.3, -0.25) is 0 Å². The third kappa shape index (κ3) is 6.87. The van der Waals surface area contributed by atoms with E-state index < -0.39 is 0 Å². The van der Waals surface area contributed by atoms with Crippen molar-refractivity contribution in [3.05, 3.63) is 29.3 Å². The number of hydrogen-bond acceptors (Lipinski definition) is 1. The first-order chi connectivity index (χ1) is 9.77. The van der Waals surface area contributed by atoms with Crippen LogP contribution in [0.1, 0.15) is 56.6 Å². The lowest BCUT2D eigenvalue weighted by atomic mass is 10.1. The predicted molar refractivity (Wildman–Crippen MR) is 87.6 cm³/mol. The van der Waals surface area contributed by atoms with Gasteiger partial charge in [-0.1, -0.05) is 44.4 Å². The smallest absolute Gasteiger partial charge is 0.119 e. The maximum absolute atomic E-state index is 5.78. The van der Waals surface area contributed by atoms with Gasteiger partial charge in [0.05, 0.1) is 6.61 Å². The molecule has 0 amide bonds. The van der Waals surface area contributed by atoms with Gasteiger partial charge in [0.25, 0.3) is 0 Å². The summed E-state index contributed by atoms with van der Waals surface area (Å²) in [6, 6.07) is 6.10. The number of unbranched alkanes of at least 4 members (excludes halogenated alkanes) is 4. The highest BCUT2D eigenvalue weighted by atomic mass is 35.5. The molecule has 0 aliphatic heterocycles. The van der Waals surface area contributed by atoms with Crippen molar-refractivity contribution >= 4 is 11.6 Å². The maximum Gasteiger partial charge on any atom is 0.119 e. The number of halogens is 1. The Morgan fingerprint density at radius 1 is 1.15 bits per heavy atom. The van der Waals surface area contributed by atoms with Crippen LogP contribution < -0.4 is 4.74 Å². The minimum Gasteiger partial charge on any atom is -0.494 e. The second-order valence-electron chi connectivity index (χ2n) is 4.98. The average Bonchev–Trinajstić information content (AvgIpc) is 2.45. The Morgan fingerprint density at radius 3 is 2.65 bits per heavy atom. The molecule has 1 rings (SSSR count). The first-order valence-electron chi connectivity index (χ1n) is 7.56. The van der Waals surface area contributed by atoms with Crippen LogP contribution in [0.15, 0.2) is 18.2 Å². The third-order valence-electron chi connectivity index (χ3n) is 3.16. The maximum atomic E-state index is 5.78. The minimum atomic E-state index is 0.589. The Morgan fingerprint density at radius 2 is 1.95 bits per heavy atom. The van der Waals surface area contributed by atoms with E-state index in [0.29, 0.717) is 5.88 Å². The fourth-order valence-electron chi connectivity index (χ4n) is 1.97. The Labute approximate surface area is 128 Å². The van der Waals surface area contributed by atoms with E-state index in [4.69, 9.17) is 16.3 Å². The molecule has 110 valence electrons. The molecule has 0 saturated carbocycles. The van der Waals surface area contributed by atoms with E-state index in [-0.39, 0.29) is 0 Å². The number of hydrogen-bond donors (Lipinski definition) is 0. The lowest BCUT2D eigenvalue weighted by Crippen LogP contribution is -1.98. The first-order valence-corrected chi connectivity index (χ1v) is 8.09. The summed E-state index contributed by atoms with van der Waals surface area (Å²) >= 11 is 5.61. The Hall–Kier alpha value is -1.13. The number of aryl methyl sites for hydroxylation is 1. The van der Waals surface area contributed by atoms with E-state index in [1.165, 1.54) is 25.7 Å². The Kier molecular flexibility index (Phi) is 9.00. The van der Waals surface area contributed by atoms with Crippen LogP contribution >= 0.6 is 11.6 Å². The van der Waals surface area contributed by atoms with Crippen LogP contribution in [0.3, 0.4) is 0 Å². The quantitative estimate of drug-likeness (QED) is 0.358. The van der Waals surface area contributed by atoms with Gasteiger partial charge in [-0.2, -0.15) is 0 Å². The average molecular weight is 293 g/mol. The van der Waals surface area contributed by atoms with Gasteiger partial charge in [-0.25, -0.2) is 0 Å². The van der Waals surface area contributed by atoms with Crippen molar-refractivity contribution in [3.8, 4) is 17.6 Å². The van der Waals surface area contributed by atoms with Gasteiger partial charge in [-0.05, 0) is 37.1 Å². The molecule has 0 atom stereocenters. The van der Waals surface area contributed by atoms with Crippen LogP contribution in [0.25, 0.3) is 0 Å². The molecule has 0 saturated heterocycles. The molecule has 1 aromatic rings. The zero-order valence-electron chi connectivity index (χ0n) is 12.7. The van der Waals surface area contributed by atoms with E-state index in [2.05, 4.69) is 31.8 Å². The summed E-state index contributed by atoms with van der Waals surface area (Å²) in [7, 11) is 0. The summed E-state index contributed by atoms with van der Waals surface area (Å²) in [6.45, 7) is 5.11. The number of rotatable bonds is 8. The zero-order valence-corrected chi connectivity index (χ0v) is 13.4. The third-order valence-corrected chi connectivity index (χ3v) is 3.35. The molecule has 0 radical (unpaired) electrons. The SMILES string of the molecule is CCCCCCCOc1ccc(C#CCCCl)c(C)c1. The molecule has 0 heterocycles. The summed E-state index contributed by atoms with van der Waals surface area (Å²) in [5.41, 5.74) is 2.22. The first kappa shape index (κ1) is 16.9. The van der Waals surface area contributed by atoms with Crippen molar-refractivity contribution in [3.63, 3.8) is 0 Å². The lowest BCUT2D eigenvalue weighted by Gasteiger charge is -2.07. The largest absolute Gasteiger partial charge is 0.494 e. The summed E-state index contributed by atoms with van der Waals surface area (Å²) in [5, 5.41) is 0. The van der Waals surface area contributed by atoms with Crippen LogP contribution in [0, 0.1) is 18.8 Å². The van der Waals surface area contributed by atoms with Gasteiger partial charge in [0, 0.05) is 17.9 Å². The molecule has 0 spiro atoms. The van der Waals surface area contributed by atoms with Gasteiger partial charge in [-0.15, -0.1) is 11.6 Å². The van der Waals surface area contributed by atoms with Gasteiger partial charge in [0.15, 0.2) is 0 Å². The summed E-state index contributed by atoms with van der Waals surface area (Å²) in [4.78, 5) is 0. The van der Waals surface area contributed by atoms with Gasteiger partial charge in [0.1, 0.15) is 5.75 Å². The molecule has 2 heteroatoms. The lowest BCUT2D eigenvalue weighted by molar-refractivity contribution is 0.304. The van der Waals surface area contributed by atoms with E-state index in [1.807, 2.05) is 12.1 Å². The molecular weight excluding hydrogens is 268 g/mol. The van der Waals surface area contributed by atoms with E-state index >= 15 is 0 Å². The molecule has 1 nitrogen and oxygen atoms in total. The van der Waals surface area contributed by atoms with Crippen molar-refractivity contribution < 1.29 is 4.74 Å². The highest BCUT2D eigenvalue weighted by Gasteiger charge is 1.99. The van der Waals surface area contributed by atoms with Crippen molar-refractivity contribution in [2.75, 3.05) is 12.5 Å². The Bertz CT molecular complexity index is 442. The van der Waals surface area contributed by atoms with E-state index in [1.54, 1.807) is 0 Å². The van der Waals surface area contributed by atoms with Crippen molar-refractivity contribution in [1.82, 2.24) is 0 Å². The van der Waals surface area contributed by atoms with Crippen LogP contribution in [0.2, 0.25) is 0 Å². The van der Waals surface area contributed by atoms with E-state index in [0.717, 1.165) is 36.3 Å². The number of alkyl halides is 1. The number of ether oxygens (including phenoxy) is 1. The summed E-state index contributed by atoms with van der Waals surface area (Å²) < 4.78 is 5.78. The second kappa shape index (κ2) is 10.6. The fourth-order valence-corrected chi connectivity index (χ4v) is 2.06. The highest BCUT2D eigenvalue weighted by Crippen LogP contribution is 2.17. The molecule has 20 heavy (non-hydrogen) atoms. The summed E-state index contributed by atoms with van der Waals surface area (Å²) in [6.07, 6.45) is 7.05. The molecule has 0 fully saturated rings. The van der Waals surface area contributed by atoms with Gasteiger partial charge in [0.2, 0.25) is 0 Å². The highest BCUT2D eigenvalue weighted by molar-refractivity contribution is 6.18. The van der Waals surface area contributed by atoms with Crippen LogP contribution in [0.4, 0.5) is 0 Å². The molecular formula is C18H25ClO.